The van der Waals surface area contributed by atoms with E-state index in [1.165, 1.54) is 16.7 Å². The van der Waals surface area contributed by atoms with Crippen molar-refractivity contribution in [2.75, 3.05) is 0 Å². The van der Waals surface area contributed by atoms with Gasteiger partial charge in [0, 0.05) is 12.3 Å². The number of benzene rings is 2. The van der Waals surface area contributed by atoms with E-state index in [4.69, 9.17) is 5.73 Å². The molecule has 4 heteroatoms. The number of fused-ring (bicyclic) bond motifs is 1. The van der Waals surface area contributed by atoms with Gasteiger partial charge in [0.1, 0.15) is 0 Å². The molecule has 0 atom stereocenters. The van der Waals surface area contributed by atoms with Crippen molar-refractivity contribution >= 4 is 22.8 Å². The van der Waals surface area contributed by atoms with E-state index in [2.05, 4.69) is 59.4 Å². The largest absolute Gasteiger partial charge is 0.333 e. The van der Waals surface area contributed by atoms with E-state index < -0.39 is 0 Å². The summed E-state index contributed by atoms with van der Waals surface area (Å²) in [7, 11) is 0. The van der Waals surface area contributed by atoms with Gasteiger partial charge in [0.05, 0.1) is 11.0 Å². The van der Waals surface area contributed by atoms with Crippen LogP contribution >= 0.6 is 11.8 Å². The van der Waals surface area contributed by atoms with Gasteiger partial charge in [-0.25, -0.2) is 4.98 Å². The molecule has 0 aliphatic carbocycles. The average Bonchev–Trinajstić information content (AvgIpc) is 2.87. The Balaban J connectivity index is 1.76. The minimum Gasteiger partial charge on any atom is -0.333 e. The van der Waals surface area contributed by atoms with Gasteiger partial charge in [-0.1, -0.05) is 42.1 Å². The van der Waals surface area contributed by atoms with Gasteiger partial charge >= 0.3 is 0 Å². The zero-order chi connectivity index (χ0) is 13.9. The van der Waals surface area contributed by atoms with Crippen molar-refractivity contribution in [3.8, 4) is 0 Å². The molecule has 1 heterocycles. The van der Waals surface area contributed by atoms with Crippen molar-refractivity contribution in [2.24, 2.45) is 5.73 Å². The molecular weight excluding hydrogens is 266 g/mol. The summed E-state index contributed by atoms with van der Waals surface area (Å²) in [6.45, 7) is 2.67. The molecule has 0 aliphatic rings. The molecule has 0 bridgehead atoms. The fourth-order valence-electron chi connectivity index (χ4n) is 2.17. The van der Waals surface area contributed by atoms with Crippen LogP contribution in [0.3, 0.4) is 0 Å². The van der Waals surface area contributed by atoms with Gasteiger partial charge in [-0.15, -0.1) is 0 Å². The number of imidazole rings is 1. The van der Waals surface area contributed by atoms with E-state index in [9.17, 15) is 0 Å². The highest BCUT2D eigenvalue weighted by Crippen LogP contribution is 2.23. The van der Waals surface area contributed by atoms with Gasteiger partial charge in [-0.05, 0) is 35.7 Å². The number of hydrogen-bond acceptors (Lipinski definition) is 3. The summed E-state index contributed by atoms with van der Waals surface area (Å²) in [5.41, 5.74) is 11.5. The van der Waals surface area contributed by atoms with E-state index >= 15 is 0 Å². The van der Waals surface area contributed by atoms with Gasteiger partial charge in [-0.2, -0.15) is 0 Å². The predicted octanol–water partition coefficient (Wildman–Crippen LogP) is 3.62. The maximum Gasteiger partial charge on any atom is 0.166 e. The molecule has 0 amide bonds. The lowest BCUT2D eigenvalue weighted by molar-refractivity contribution is 1.06. The molecule has 3 nitrogen and oxygen atoms in total. The van der Waals surface area contributed by atoms with Crippen LogP contribution in [0.1, 0.15) is 16.7 Å². The van der Waals surface area contributed by atoms with E-state index in [1.54, 1.807) is 11.8 Å². The highest BCUT2D eigenvalue weighted by atomic mass is 32.2. The van der Waals surface area contributed by atoms with Crippen molar-refractivity contribution < 1.29 is 0 Å². The second kappa shape index (κ2) is 5.69. The Bertz CT molecular complexity index is 733. The van der Waals surface area contributed by atoms with Crippen molar-refractivity contribution in [2.45, 2.75) is 24.4 Å². The maximum absolute atomic E-state index is 5.67. The molecule has 3 rings (SSSR count). The molecule has 0 spiro atoms. The summed E-state index contributed by atoms with van der Waals surface area (Å²) in [6.07, 6.45) is 0. The van der Waals surface area contributed by atoms with Crippen LogP contribution in [0.4, 0.5) is 0 Å². The molecule has 2 aromatic carbocycles. The minimum absolute atomic E-state index is 0.586. The normalized spacial score (nSPS) is 11.1. The summed E-state index contributed by atoms with van der Waals surface area (Å²) in [6, 6.07) is 14.7. The van der Waals surface area contributed by atoms with E-state index in [-0.39, 0.29) is 0 Å². The smallest absolute Gasteiger partial charge is 0.166 e. The minimum atomic E-state index is 0.586. The molecule has 20 heavy (non-hydrogen) atoms. The topological polar surface area (TPSA) is 54.7 Å². The first-order valence-corrected chi connectivity index (χ1v) is 7.60. The van der Waals surface area contributed by atoms with E-state index in [1.807, 2.05) is 0 Å². The van der Waals surface area contributed by atoms with Crippen molar-refractivity contribution in [3.05, 3.63) is 59.2 Å². The highest BCUT2D eigenvalue weighted by molar-refractivity contribution is 7.98. The monoisotopic (exact) mass is 283 g/mol. The molecule has 0 saturated carbocycles. The number of hydrogen-bond donors (Lipinski definition) is 2. The number of aryl methyl sites for hydroxylation is 1. The van der Waals surface area contributed by atoms with Crippen LogP contribution in [0.5, 0.6) is 0 Å². The lowest BCUT2D eigenvalue weighted by Gasteiger charge is -2.02. The quantitative estimate of drug-likeness (QED) is 0.719. The first-order valence-electron chi connectivity index (χ1n) is 6.61. The van der Waals surface area contributed by atoms with Gasteiger partial charge in [0.15, 0.2) is 5.16 Å². The molecule has 0 unspecified atom stereocenters. The lowest BCUT2D eigenvalue weighted by Crippen LogP contribution is -1.96. The Morgan fingerprint density at radius 3 is 2.85 bits per heavy atom. The molecular formula is C16H17N3S. The molecule has 3 N–H and O–H groups in total. The first-order chi connectivity index (χ1) is 9.74. The Hall–Kier alpha value is -1.78. The summed E-state index contributed by atoms with van der Waals surface area (Å²) < 4.78 is 0. The summed E-state index contributed by atoms with van der Waals surface area (Å²) in [5, 5.41) is 0.962. The van der Waals surface area contributed by atoms with Gasteiger partial charge in [-0.3, -0.25) is 0 Å². The summed E-state index contributed by atoms with van der Waals surface area (Å²) in [5.74, 6) is 0.895. The van der Waals surface area contributed by atoms with E-state index in [0.29, 0.717) is 6.54 Å². The number of rotatable bonds is 4. The number of nitrogens with zero attached hydrogens (tertiary/aromatic N) is 1. The number of nitrogens with two attached hydrogens (primary N) is 1. The van der Waals surface area contributed by atoms with Crippen LogP contribution in [-0.4, -0.2) is 9.97 Å². The Morgan fingerprint density at radius 2 is 2.00 bits per heavy atom. The number of H-pyrrole nitrogens is 1. The second-order valence-electron chi connectivity index (χ2n) is 4.88. The van der Waals surface area contributed by atoms with Gasteiger partial charge in [0.25, 0.3) is 0 Å². The molecule has 0 fully saturated rings. The van der Waals surface area contributed by atoms with Crippen LogP contribution < -0.4 is 5.73 Å². The third kappa shape index (κ3) is 2.86. The number of thioether (sulfide) groups is 1. The summed E-state index contributed by atoms with van der Waals surface area (Å²) in [4.78, 5) is 7.96. The third-order valence-corrected chi connectivity index (χ3v) is 4.16. The predicted molar refractivity (Wildman–Crippen MR) is 84.7 cm³/mol. The molecule has 0 saturated heterocycles. The molecule has 3 aromatic rings. The summed E-state index contributed by atoms with van der Waals surface area (Å²) >= 11 is 1.72. The van der Waals surface area contributed by atoms with Crippen molar-refractivity contribution in [3.63, 3.8) is 0 Å². The van der Waals surface area contributed by atoms with Crippen LogP contribution in [0.15, 0.2) is 47.6 Å². The first kappa shape index (κ1) is 13.2. The molecule has 1 aromatic heterocycles. The Morgan fingerprint density at radius 1 is 1.15 bits per heavy atom. The zero-order valence-electron chi connectivity index (χ0n) is 11.4. The fourth-order valence-corrected chi connectivity index (χ4v) is 2.99. The van der Waals surface area contributed by atoms with Crippen molar-refractivity contribution in [1.29, 1.82) is 0 Å². The number of aromatic nitrogens is 2. The molecule has 0 aliphatic heterocycles. The van der Waals surface area contributed by atoms with E-state index in [0.717, 1.165) is 21.9 Å². The molecule has 102 valence electrons. The maximum atomic E-state index is 5.67. The molecule has 0 radical (unpaired) electrons. The lowest BCUT2D eigenvalue weighted by atomic mass is 10.1. The SMILES string of the molecule is Cc1ccc2nc(SCc3cccc(CN)c3)[nH]c2c1. The Labute approximate surface area is 122 Å². The van der Waals surface area contributed by atoms with Crippen molar-refractivity contribution in [1.82, 2.24) is 9.97 Å². The van der Waals surface area contributed by atoms with Crippen LogP contribution in [0.2, 0.25) is 0 Å². The standard InChI is InChI=1S/C16H17N3S/c1-11-5-6-14-15(7-11)19-16(18-14)20-10-13-4-2-3-12(8-13)9-17/h2-8H,9-10,17H2,1H3,(H,18,19). The fraction of sp³-hybridized carbons (Fsp3) is 0.188. The second-order valence-corrected chi connectivity index (χ2v) is 5.84. The van der Waals surface area contributed by atoms with Crippen LogP contribution in [0.25, 0.3) is 11.0 Å². The van der Waals surface area contributed by atoms with Crippen LogP contribution in [-0.2, 0) is 12.3 Å². The van der Waals surface area contributed by atoms with Gasteiger partial charge in [0.2, 0.25) is 0 Å². The Kier molecular flexibility index (Phi) is 3.76. The van der Waals surface area contributed by atoms with Gasteiger partial charge < -0.3 is 10.7 Å². The zero-order valence-corrected chi connectivity index (χ0v) is 12.2. The van der Waals surface area contributed by atoms with Crippen LogP contribution in [0, 0.1) is 6.92 Å². The third-order valence-electron chi connectivity index (χ3n) is 3.22. The number of aromatic amines is 1. The number of nitrogens with one attached hydrogen (secondary N) is 1. The average molecular weight is 283 g/mol. The highest BCUT2D eigenvalue weighted by Gasteiger charge is 2.04.